The summed E-state index contributed by atoms with van der Waals surface area (Å²) in [4.78, 5) is 19.4. The van der Waals surface area contributed by atoms with Crippen LogP contribution in [0.1, 0.15) is 29.8 Å². The molecule has 2 fully saturated rings. The van der Waals surface area contributed by atoms with E-state index < -0.39 is 5.60 Å². The minimum Gasteiger partial charge on any atom is -0.388 e. The molecule has 0 saturated carbocycles. The molecule has 2 aliphatic rings. The monoisotopic (exact) mass is 415 g/mol. The van der Waals surface area contributed by atoms with Crippen molar-refractivity contribution in [2.45, 2.75) is 24.9 Å². The van der Waals surface area contributed by atoms with E-state index in [4.69, 9.17) is 0 Å². The Hall–Kier alpha value is -2.29. The summed E-state index contributed by atoms with van der Waals surface area (Å²) < 4.78 is 13.1. The van der Waals surface area contributed by atoms with Crippen molar-refractivity contribution in [1.29, 1.82) is 0 Å². The SMILES string of the molecule is CN1CCN(C[C@@]2(O)CCCN(C(=O)c3cc(-c4ccc(F)cc4)n[nH]3)CC2)CC1. The number of hydrogen-bond donors (Lipinski definition) is 2. The fourth-order valence-corrected chi connectivity index (χ4v) is 4.33. The second-order valence-electron chi connectivity index (χ2n) is 8.62. The number of aliphatic hydroxyl groups is 1. The Balaban J connectivity index is 1.37. The largest absolute Gasteiger partial charge is 0.388 e. The van der Waals surface area contributed by atoms with Gasteiger partial charge in [-0.1, -0.05) is 0 Å². The Morgan fingerprint density at radius 3 is 2.60 bits per heavy atom. The molecule has 2 saturated heterocycles. The van der Waals surface area contributed by atoms with Crippen LogP contribution in [0.2, 0.25) is 0 Å². The number of aromatic amines is 1. The van der Waals surface area contributed by atoms with Crippen molar-refractivity contribution in [2.75, 3.05) is 52.9 Å². The summed E-state index contributed by atoms with van der Waals surface area (Å²) in [6, 6.07) is 7.74. The molecule has 1 atom stereocenters. The normalized spacial score (nSPS) is 24.0. The lowest BCUT2D eigenvalue weighted by Crippen LogP contribution is -2.51. The number of carbonyl (C=O) groups excluding carboxylic acids is 1. The van der Waals surface area contributed by atoms with E-state index in [1.165, 1.54) is 12.1 Å². The van der Waals surface area contributed by atoms with Crippen LogP contribution in [0.15, 0.2) is 30.3 Å². The molecule has 1 amide bonds. The molecule has 1 aromatic carbocycles. The first kappa shape index (κ1) is 21.0. The molecule has 30 heavy (non-hydrogen) atoms. The third kappa shape index (κ3) is 4.88. The van der Waals surface area contributed by atoms with Gasteiger partial charge in [0.2, 0.25) is 0 Å². The first-order chi connectivity index (χ1) is 14.4. The molecule has 0 unspecified atom stereocenters. The number of amides is 1. The predicted octanol–water partition coefficient (Wildman–Crippen LogP) is 1.82. The summed E-state index contributed by atoms with van der Waals surface area (Å²) in [6.45, 7) is 5.81. The Morgan fingerprint density at radius 2 is 1.87 bits per heavy atom. The highest BCUT2D eigenvalue weighted by Crippen LogP contribution is 2.25. The van der Waals surface area contributed by atoms with E-state index in [1.54, 1.807) is 23.1 Å². The van der Waals surface area contributed by atoms with Gasteiger partial charge in [0, 0.05) is 51.4 Å². The van der Waals surface area contributed by atoms with Gasteiger partial charge in [0.05, 0.1) is 11.3 Å². The average Bonchev–Trinajstić information content (AvgIpc) is 3.14. The van der Waals surface area contributed by atoms with E-state index in [1.807, 2.05) is 0 Å². The number of halogens is 1. The molecule has 0 spiro atoms. The number of H-pyrrole nitrogens is 1. The van der Waals surface area contributed by atoms with Gasteiger partial charge in [-0.05, 0) is 56.6 Å². The highest BCUT2D eigenvalue weighted by molar-refractivity contribution is 5.93. The van der Waals surface area contributed by atoms with Crippen molar-refractivity contribution in [3.05, 3.63) is 41.8 Å². The third-order valence-electron chi connectivity index (χ3n) is 6.27. The number of hydrogen-bond acceptors (Lipinski definition) is 5. The number of nitrogens with one attached hydrogen (secondary N) is 1. The van der Waals surface area contributed by atoms with E-state index in [9.17, 15) is 14.3 Å². The molecule has 3 heterocycles. The Morgan fingerprint density at radius 1 is 1.13 bits per heavy atom. The average molecular weight is 416 g/mol. The number of rotatable bonds is 4. The second-order valence-corrected chi connectivity index (χ2v) is 8.62. The highest BCUT2D eigenvalue weighted by Gasteiger charge is 2.34. The van der Waals surface area contributed by atoms with Gasteiger partial charge in [-0.25, -0.2) is 4.39 Å². The number of nitrogens with zero attached hydrogens (tertiary/aromatic N) is 4. The fraction of sp³-hybridized carbons (Fsp3) is 0.545. The lowest BCUT2D eigenvalue weighted by molar-refractivity contribution is -0.0179. The number of likely N-dealkylation sites (N-methyl/N-ethyl adjacent to an activating group) is 1. The molecule has 7 nitrogen and oxygen atoms in total. The minimum atomic E-state index is -0.752. The predicted molar refractivity (Wildman–Crippen MR) is 113 cm³/mol. The van der Waals surface area contributed by atoms with Gasteiger partial charge in [-0.3, -0.25) is 14.8 Å². The standard InChI is InChI=1S/C22H30FN5O2/c1-26-11-13-27(14-12-26)16-22(30)7-2-9-28(10-8-22)21(29)20-15-19(24-25-20)17-3-5-18(23)6-4-17/h3-6,15,30H,2,7-14,16H2,1H3,(H,24,25)/t22-/m1/s1. The van der Waals surface area contributed by atoms with Gasteiger partial charge in [-0.15, -0.1) is 0 Å². The molecule has 0 aliphatic carbocycles. The highest BCUT2D eigenvalue weighted by atomic mass is 19.1. The number of aromatic nitrogens is 2. The smallest absolute Gasteiger partial charge is 0.271 e. The van der Waals surface area contributed by atoms with Gasteiger partial charge in [0.15, 0.2) is 0 Å². The van der Waals surface area contributed by atoms with Crippen LogP contribution < -0.4 is 0 Å². The van der Waals surface area contributed by atoms with E-state index >= 15 is 0 Å². The maximum atomic E-state index is 13.1. The Labute approximate surface area is 176 Å². The number of benzene rings is 1. The maximum absolute atomic E-state index is 13.1. The van der Waals surface area contributed by atoms with Crippen molar-refractivity contribution in [3.8, 4) is 11.3 Å². The van der Waals surface area contributed by atoms with E-state index in [0.717, 1.165) is 38.2 Å². The van der Waals surface area contributed by atoms with Crippen LogP contribution in [0.3, 0.4) is 0 Å². The molecule has 2 N–H and O–H groups in total. The summed E-state index contributed by atoms with van der Waals surface area (Å²) in [5.74, 6) is -0.418. The van der Waals surface area contributed by atoms with Crippen LogP contribution in [-0.2, 0) is 0 Å². The molecule has 0 radical (unpaired) electrons. The van der Waals surface area contributed by atoms with Crippen LogP contribution in [0.25, 0.3) is 11.3 Å². The molecule has 8 heteroatoms. The molecule has 2 aromatic rings. The molecule has 2 aliphatic heterocycles. The van der Waals surface area contributed by atoms with Gasteiger partial charge in [-0.2, -0.15) is 5.10 Å². The number of likely N-dealkylation sites (tertiary alicyclic amines) is 1. The van der Waals surface area contributed by atoms with Crippen molar-refractivity contribution < 1.29 is 14.3 Å². The molecule has 0 bridgehead atoms. The summed E-state index contributed by atoms with van der Waals surface area (Å²) in [5, 5.41) is 18.2. The van der Waals surface area contributed by atoms with E-state index in [2.05, 4.69) is 27.0 Å². The van der Waals surface area contributed by atoms with Gasteiger partial charge in [0.25, 0.3) is 5.91 Å². The van der Waals surface area contributed by atoms with Gasteiger partial charge in [0.1, 0.15) is 11.5 Å². The Bertz CT molecular complexity index is 863. The summed E-state index contributed by atoms with van der Waals surface area (Å²) in [7, 11) is 2.12. The second kappa shape index (κ2) is 8.83. The number of piperazine rings is 1. The quantitative estimate of drug-likeness (QED) is 0.797. The van der Waals surface area contributed by atoms with Crippen molar-refractivity contribution in [3.63, 3.8) is 0 Å². The van der Waals surface area contributed by atoms with Crippen LogP contribution in [0.4, 0.5) is 4.39 Å². The van der Waals surface area contributed by atoms with Crippen molar-refractivity contribution >= 4 is 5.91 Å². The first-order valence-electron chi connectivity index (χ1n) is 10.7. The zero-order valence-corrected chi connectivity index (χ0v) is 17.5. The molecule has 4 rings (SSSR count). The number of β-amino-alcohol motifs (C(OH)–C–C–N with tert-alkyl or cyclic N) is 1. The summed E-state index contributed by atoms with van der Waals surface area (Å²) in [5.41, 5.74) is 1.03. The van der Waals surface area contributed by atoms with Crippen LogP contribution in [0.5, 0.6) is 0 Å². The maximum Gasteiger partial charge on any atom is 0.271 e. The van der Waals surface area contributed by atoms with E-state index in [0.29, 0.717) is 43.9 Å². The zero-order chi connectivity index (χ0) is 21.1. The van der Waals surface area contributed by atoms with Gasteiger partial charge < -0.3 is 14.9 Å². The lowest BCUT2D eigenvalue weighted by Gasteiger charge is -2.38. The summed E-state index contributed by atoms with van der Waals surface area (Å²) >= 11 is 0. The molecular formula is C22H30FN5O2. The van der Waals surface area contributed by atoms with Gasteiger partial charge >= 0.3 is 0 Å². The van der Waals surface area contributed by atoms with Crippen molar-refractivity contribution in [1.82, 2.24) is 24.9 Å². The molecule has 1 aromatic heterocycles. The third-order valence-corrected chi connectivity index (χ3v) is 6.27. The zero-order valence-electron chi connectivity index (χ0n) is 17.5. The molecule has 162 valence electrons. The molecular weight excluding hydrogens is 385 g/mol. The first-order valence-corrected chi connectivity index (χ1v) is 10.7. The van der Waals surface area contributed by atoms with Crippen LogP contribution in [0, 0.1) is 5.82 Å². The lowest BCUT2D eigenvalue weighted by atomic mass is 9.94. The van der Waals surface area contributed by atoms with Crippen LogP contribution >= 0.6 is 0 Å². The topological polar surface area (TPSA) is 75.7 Å². The summed E-state index contributed by atoms with van der Waals surface area (Å²) in [6.07, 6.45) is 2.05. The van der Waals surface area contributed by atoms with E-state index in [-0.39, 0.29) is 11.7 Å². The number of carbonyl (C=O) groups is 1. The minimum absolute atomic E-state index is 0.111. The fourth-order valence-electron chi connectivity index (χ4n) is 4.33. The van der Waals surface area contributed by atoms with Crippen LogP contribution in [-0.4, -0.2) is 94.4 Å². The Kier molecular flexibility index (Phi) is 6.17. The van der Waals surface area contributed by atoms with Crippen molar-refractivity contribution in [2.24, 2.45) is 0 Å².